The van der Waals surface area contributed by atoms with Crippen molar-refractivity contribution in [2.75, 3.05) is 16.8 Å². The lowest BCUT2D eigenvalue weighted by molar-refractivity contribution is 0.102. The zero-order valence-corrected chi connectivity index (χ0v) is 17.9. The number of rotatable bonds is 6. The van der Waals surface area contributed by atoms with Gasteiger partial charge in [-0.2, -0.15) is 0 Å². The largest absolute Gasteiger partial charge is 0.321 e. The first kappa shape index (κ1) is 21.5. The highest BCUT2D eigenvalue weighted by atomic mass is 32.2. The Bertz CT molecular complexity index is 1140. The lowest BCUT2D eigenvalue weighted by atomic mass is 10.1. The molecule has 1 unspecified atom stereocenters. The Morgan fingerprint density at radius 1 is 1.17 bits per heavy atom. The molecule has 1 aliphatic heterocycles. The van der Waals surface area contributed by atoms with Crippen LogP contribution in [-0.2, 0) is 26.3 Å². The fourth-order valence-corrected chi connectivity index (χ4v) is 6.46. The SMILES string of the molecule is CCc1cccc(C)c1NC(=O)c1cccc(S(=O)(=O)NC2CCS(=O)(=O)C2)c1. The number of amides is 1. The van der Waals surface area contributed by atoms with Crippen molar-refractivity contribution in [3.8, 4) is 0 Å². The Morgan fingerprint density at radius 2 is 1.90 bits per heavy atom. The van der Waals surface area contributed by atoms with Crippen molar-refractivity contribution in [1.29, 1.82) is 0 Å². The summed E-state index contributed by atoms with van der Waals surface area (Å²) in [5, 5.41) is 2.88. The van der Waals surface area contributed by atoms with Crippen molar-refractivity contribution in [2.45, 2.75) is 37.6 Å². The quantitative estimate of drug-likeness (QED) is 0.722. The molecule has 0 spiro atoms. The van der Waals surface area contributed by atoms with E-state index in [9.17, 15) is 21.6 Å². The van der Waals surface area contributed by atoms with Gasteiger partial charge in [-0.05, 0) is 49.1 Å². The minimum Gasteiger partial charge on any atom is -0.321 e. The second-order valence-corrected chi connectivity index (χ2v) is 11.1. The first-order valence-corrected chi connectivity index (χ1v) is 12.6. The number of hydrogen-bond acceptors (Lipinski definition) is 5. The van der Waals surface area contributed by atoms with Gasteiger partial charge in [-0.25, -0.2) is 21.6 Å². The highest BCUT2D eigenvalue weighted by Gasteiger charge is 2.31. The van der Waals surface area contributed by atoms with Crippen LogP contribution in [-0.4, -0.2) is 40.3 Å². The molecular weight excluding hydrogens is 412 g/mol. The van der Waals surface area contributed by atoms with Gasteiger partial charge in [0.15, 0.2) is 9.84 Å². The fraction of sp³-hybridized carbons (Fsp3) is 0.350. The average molecular weight is 437 g/mol. The van der Waals surface area contributed by atoms with E-state index in [4.69, 9.17) is 0 Å². The van der Waals surface area contributed by atoms with Crippen molar-refractivity contribution in [3.05, 3.63) is 59.2 Å². The normalized spacial score (nSPS) is 18.5. The molecule has 2 aromatic carbocycles. The van der Waals surface area contributed by atoms with Gasteiger partial charge in [-0.1, -0.05) is 31.2 Å². The highest BCUT2D eigenvalue weighted by Crippen LogP contribution is 2.23. The lowest BCUT2D eigenvalue weighted by Crippen LogP contribution is -2.35. The topological polar surface area (TPSA) is 109 Å². The molecule has 1 saturated heterocycles. The molecule has 1 atom stereocenters. The Morgan fingerprint density at radius 3 is 2.55 bits per heavy atom. The molecule has 2 aromatic rings. The zero-order valence-electron chi connectivity index (χ0n) is 16.3. The Hall–Kier alpha value is -2.23. The monoisotopic (exact) mass is 436 g/mol. The molecular formula is C20H24N2O5S2. The van der Waals surface area contributed by atoms with Crippen LogP contribution >= 0.6 is 0 Å². The van der Waals surface area contributed by atoms with Crippen LogP contribution in [0.5, 0.6) is 0 Å². The van der Waals surface area contributed by atoms with E-state index in [2.05, 4.69) is 10.0 Å². The third-order valence-corrected chi connectivity index (χ3v) is 8.23. The number of aryl methyl sites for hydroxylation is 2. The number of carbonyl (C=O) groups excluding carboxylic acids is 1. The molecule has 29 heavy (non-hydrogen) atoms. The van der Waals surface area contributed by atoms with Crippen molar-refractivity contribution < 1.29 is 21.6 Å². The maximum absolute atomic E-state index is 12.7. The number of hydrogen-bond donors (Lipinski definition) is 2. The summed E-state index contributed by atoms with van der Waals surface area (Å²) in [6.07, 6.45) is 0.995. The molecule has 156 valence electrons. The Labute approximate surface area is 171 Å². The van der Waals surface area contributed by atoms with Gasteiger partial charge in [-0.3, -0.25) is 4.79 Å². The van der Waals surface area contributed by atoms with Gasteiger partial charge in [0.2, 0.25) is 10.0 Å². The minimum absolute atomic E-state index is 0.0289. The van der Waals surface area contributed by atoms with E-state index in [1.807, 2.05) is 32.0 Å². The van der Waals surface area contributed by atoms with E-state index >= 15 is 0 Å². The molecule has 0 bridgehead atoms. The molecule has 7 nitrogen and oxygen atoms in total. The number of carbonyl (C=O) groups is 1. The van der Waals surface area contributed by atoms with E-state index in [0.717, 1.165) is 23.2 Å². The summed E-state index contributed by atoms with van der Waals surface area (Å²) >= 11 is 0. The number of anilines is 1. The average Bonchev–Trinajstić information content (AvgIpc) is 3.01. The third kappa shape index (κ3) is 5.04. The Kier molecular flexibility index (Phi) is 6.11. The van der Waals surface area contributed by atoms with Crippen molar-refractivity contribution in [1.82, 2.24) is 4.72 Å². The Balaban J connectivity index is 1.81. The molecule has 0 saturated carbocycles. The van der Waals surface area contributed by atoms with Gasteiger partial charge in [0, 0.05) is 17.3 Å². The van der Waals surface area contributed by atoms with Crippen molar-refractivity contribution in [3.63, 3.8) is 0 Å². The first-order chi connectivity index (χ1) is 13.6. The highest BCUT2D eigenvalue weighted by molar-refractivity contribution is 7.92. The second-order valence-electron chi connectivity index (χ2n) is 7.17. The third-order valence-electron chi connectivity index (χ3n) is 4.94. The predicted octanol–water partition coefficient (Wildman–Crippen LogP) is 2.28. The van der Waals surface area contributed by atoms with E-state index in [0.29, 0.717) is 0 Å². The minimum atomic E-state index is -3.94. The summed E-state index contributed by atoms with van der Waals surface area (Å²) in [5.41, 5.74) is 2.84. The first-order valence-electron chi connectivity index (χ1n) is 9.34. The van der Waals surface area contributed by atoms with Gasteiger partial charge in [-0.15, -0.1) is 0 Å². The standard InChI is InChI=1S/C20H24N2O5S2/c1-3-15-7-4-6-14(2)19(15)21-20(23)16-8-5-9-18(12-16)29(26,27)22-17-10-11-28(24,25)13-17/h4-9,12,17,22H,3,10-11,13H2,1-2H3,(H,21,23). The lowest BCUT2D eigenvalue weighted by Gasteiger charge is -2.14. The molecule has 1 fully saturated rings. The summed E-state index contributed by atoms with van der Waals surface area (Å²) in [6, 6.07) is 10.8. The van der Waals surface area contributed by atoms with Crippen molar-refractivity contribution in [2.24, 2.45) is 0 Å². The summed E-state index contributed by atoms with van der Waals surface area (Å²) in [5.74, 6) is -0.646. The number of nitrogens with one attached hydrogen (secondary N) is 2. The van der Waals surface area contributed by atoms with E-state index < -0.39 is 31.8 Å². The summed E-state index contributed by atoms with van der Waals surface area (Å²) in [6.45, 7) is 3.89. The van der Waals surface area contributed by atoms with Crippen LogP contribution in [0.1, 0.15) is 34.8 Å². The van der Waals surface area contributed by atoms with Crippen LogP contribution in [0.2, 0.25) is 0 Å². The van der Waals surface area contributed by atoms with Crippen LogP contribution in [0.15, 0.2) is 47.4 Å². The number of sulfonamides is 1. The van der Waals surface area contributed by atoms with Gasteiger partial charge in [0.05, 0.1) is 16.4 Å². The maximum atomic E-state index is 12.7. The van der Waals surface area contributed by atoms with Crippen LogP contribution in [0.4, 0.5) is 5.69 Å². The summed E-state index contributed by atoms with van der Waals surface area (Å²) < 4.78 is 50.9. The molecule has 3 rings (SSSR count). The number of para-hydroxylation sites is 1. The van der Waals surface area contributed by atoms with Crippen LogP contribution in [0, 0.1) is 6.92 Å². The molecule has 1 aliphatic rings. The second kappa shape index (κ2) is 8.25. The van der Waals surface area contributed by atoms with Crippen LogP contribution < -0.4 is 10.0 Å². The molecule has 0 aromatic heterocycles. The summed E-state index contributed by atoms with van der Waals surface area (Å²) in [7, 11) is -7.15. The molecule has 0 aliphatic carbocycles. The van der Waals surface area contributed by atoms with E-state index in [1.165, 1.54) is 24.3 Å². The molecule has 0 radical (unpaired) electrons. The molecule has 2 N–H and O–H groups in total. The molecule has 1 heterocycles. The molecule has 1 amide bonds. The van der Waals surface area contributed by atoms with E-state index in [-0.39, 0.29) is 28.4 Å². The smallest absolute Gasteiger partial charge is 0.255 e. The van der Waals surface area contributed by atoms with Gasteiger partial charge < -0.3 is 5.32 Å². The van der Waals surface area contributed by atoms with Crippen molar-refractivity contribution >= 4 is 31.5 Å². The van der Waals surface area contributed by atoms with Crippen LogP contribution in [0.3, 0.4) is 0 Å². The van der Waals surface area contributed by atoms with Gasteiger partial charge in [0.25, 0.3) is 5.91 Å². The number of benzene rings is 2. The van der Waals surface area contributed by atoms with E-state index in [1.54, 1.807) is 0 Å². The van der Waals surface area contributed by atoms with Crippen LogP contribution in [0.25, 0.3) is 0 Å². The maximum Gasteiger partial charge on any atom is 0.255 e. The van der Waals surface area contributed by atoms with Gasteiger partial charge in [0.1, 0.15) is 0 Å². The summed E-state index contributed by atoms with van der Waals surface area (Å²) in [4.78, 5) is 12.7. The zero-order chi connectivity index (χ0) is 21.2. The molecule has 9 heteroatoms. The predicted molar refractivity (Wildman–Crippen MR) is 112 cm³/mol. The van der Waals surface area contributed by atoms with Gasteiger partial charge >= 0.3 is 0 Å². The fourth-order valence-electron chi connectivity index (χ4n) is 3.37. The number of sulfone groups is 1.